The molecule has 1 fully saturated rings. The van der Waals surface area contributed by atoms with E-state index >= 15 is 0 Å². The number of nitrogens with one attached hydrogen (secondary N) is 1. The summed E-state index contributed by atoms with van der Waals surface area (Å²) in [6.07, 6.45) is 1.16. The highest BCUT2D eigenvalue weighted by Crippen LogP contribution is 2.25. The second kappa shape index (κ2) is 10.2. The maximum Gasteiger partial charge on any atom is 0.324 e. The van der Waals surface area contributed by atoms with E-state index in [0.717, 1.165) is 35.5 Å². The van der Waals surface area contributed by atoms with Crippen molar-refractivity contribution in [3.8, 4) is 5.75 Å². The summed E-state index contributed by atoms with van der Waals surface area (Å²) in [5.74, 6) is 0.651. The van der Waals surface area contributed by atoms with Crippen molar-refractivity contribution >= 4 is 23.3 Å². The molecule has 4 rings (SSSR count). The fourth-order valence-electron chi connectivity index (χ4n) is 3.97. The van der Waals surface area contributed by atoms with Crippen molar-refractivity contribution in [3.63, 3.8) is 0 Å². The second-order valence-electron chi connectivity index (χ2n) is 8.32. The standard InChI is InChI=1S/C27H29N3O3/c1-20-7-9-22(10-8-20)19-29-15-4-16-30(27(29)32)24-6-3-5-23(18-24)28-26(31)17-21-11-13-25(33-2)14-12-21/h3,5-14,18H,4,15-17,19H2,1-2H3,(H,28,31). The Morgan fingerprint density at radius 2 is 1.70 bits per heavy atom. The number of aryl methyl sites for hydroxylation is 1. The van der Waals surface area contributed by atoms with Gasteiger partial charge in [0.1, 0.15) is 5.75 Å². The van der Waals surface area contributed by atoms with Crippen molar-refractivity contribution in [2.45, 2.75) is 26.3 Å². The first-order chi connectivity index (χ1) is 16.0. The number of carbonyl (C=O) groups excluding carboxylic acids is 2. The summed E-state index contributed by atoms with van der Waals surface area (Å²) in [7, 11) is 1.61. The average Bonchev–Trinajstić information content (AvgIpc) is 2.82. The van der Waals surface area contributed by atoms with Gasteiger partial charge in [-0.2, -0.15) is 0 Å². The van der Waals surface area contributed by atoms with E-state index in [2.05, 4.69) is 36.5 Å². The number of ether oxygens (including phenoxy) is 1. The van der Waals surface area contributed by atoms with E-state index in [9.17, 15) is 9.59 Å². The molecule has 3 amide bonds. The van der Waals surface area contributed by atoms with Gasteiger partial charge in [0.25, 0.3) is 0 Å². The zero-order chi connectivity index (χ0) is 23.2. The number of urea groups is 1. The van der Waals surface area contributed by atoms with Crippen molar-refractivity contribution in [2.75, 3.05) is 30.4 Å². The maximum atomic E-state index is 13.2. The van der Waals surface area contributed by atoms with Crippen molar-refractivity contribution < 1.29 is 14.3 Å². The summed E-state index contributed by atoms with van der Waals surface area (Å²) in [5, 5.41) is 2.95. The molecule has 1 heterocycles. The smallest absolute Gasteiger partial charge is 0.324 e. The van der Waals surface area contributed by atoms with Crippen LogP contribution in [0.3, 0.4) is 0 Å². The molecule has 0 radical (unpaired) electrons. The first-order valence-corrected chi connectivity index (χ1v) is 11.2. The Kier molecular flexibility index (Phi) is 6.93. The van der Waals surface area contributed by atoms with E-state index in [1.165, 1.54) is 5.56 Å². The minimum atomic E-state index is -0.108. The van der Waals surface area contributed by atoms with Crippen LogP contribution in [0, 0.1) is 6.92 Å². The molecule has 1 aliphatic heterocycles. The minimum Gasteiger partial charge on any atom is -0.497 e. The molecule has 170 valence electrons. The van der Waals surface area contributed by atoms with Crippen LogP contribution in [-0.4, -0.2) is 37.0 Å². The zero-order valence-electron chi connectivity index (χ0n) is 19.1. The molecule has 3 aromatic rings. The molecule has 0 unspecified atom stereocenters. The number of benzene rings is 3. The van der Waals surface area contributed by atoms with Crippen LogP contribution in [0.5, 0.6) is 5.75 Å². The summed E-state index contributed by atoms with van der Waals surface area (Å²) < 4.78 is 5.16. The van der Waals surface area contributed by atoms with Gasteiger partial charge in [-0.1, -0.05) is 48.0 Å². The summed E-state index contributed by atoms with van der Waals surface area (Å²) in [4.78, 5) is 29.4. The number of methoxy groups -OCH3 is 1. The minimum absolute atomic E-state index is 0.0106. The number of hydrogen-bond donors (Lipinski definition) is 1. The maximum absolute atomic E-state index is 13.2. The van der Waals surface area contributed by atoms with Crippen molar-refractivity contribution in [1.82, 2.24) is 4.90 Å². The Morgan fingerprint density at radius 1 is 0.970 bits per heavy atom. The van der Waals surface area contributed by atoms with Crippen LogP contribution in [-0.2, 0) is 17.8 Å². The molecule has 1 aliphatic rings. The number of rotatable bonds is 7. The van der Waals surface area contributed by atoms with E-state index in [-0.39, 0.29) is 18.4 Å². The summed E-state index contributed by atoms with van der Waals surface area (Å²) >= 11 is 0. The lowest BCUT2D eigenvalue weighted by Crippen LogP contribution is -2.49. The fraction of sp³-hybridized carbons (Fsp3) is 0.259. The van der Waals surface area contributed by atoms with Gasteiger partial charge in [0.05, 0.1) is 13.5 Å². The van der Waals surface area contributed by atoms with Crippen LogP contribution in [0.25, 0.3) is 0 Å². The Balaban J connectivity index is 1.41. The molecular formula is C27H29N3O3. The highest BCUT2D eigenvalue weighted by molar-refractivity contribution is 5.95. The van der Waals surface area contributed by atoms with E-state index in [4.69, 9.17) is 4.74 Å². The summed E-state index contributed by atoms with van der Waals surface area (Å²) in [6.45, 7) is 4.04. The van der Waals surface area contributed by atoms with Crippen molar-refractivity contribution in [3.05, 3.63) is 89.5 Å². The van der Waals surface area contributed by atoms with Gasteiger partial charge in [-0.15, -0.1) is 0 Å². The van der Waals surface area contributed by atoms with Gasteiger partial charge in [-0.05, 0) is 54.8 Å². The van der Waals surface area contributed by atoms with Crippen LogP contribution in [0.2, 0.25) is 0 Å². The molecule has 6 nitrogen and oxygen atoms in total. The van der Waals surface area contributed by atoms with Crippen LogP contribution >= 0.6 is 0 Å². The Hall–Kier alpha value is -3.80. The molecule has 1 N–H and O–H groups in total. The highest BCUT2D eigenvalue weighted by atomic mass is 16.5. The summed E-state index contributed by atoms with van der Waals surface area (Å²) in [5.41, 5.74) is 4.69. The number of amides is 3. The second-order valence-corrected chi connectivity index (χ2v) is 8.32. The van der Waals surface area contributed by atoms with Gasteiger partial charge in [-0.3, -0.25) is 9.69 Å². The SMILES string of the molecule is COc1ccc(CC(=O)Nc2cccc(N3CCCN(Cc4ccc(C)cc4)C3=O)c2)cc1. The monoisotopic (exact) mass is 443 g/mol. The molecule has 6 heteroatoms. The summed E-state index contributed by atoms with van der Waals surface area (Å²) in [6, 6.07) is 23.2. The molecule has 0 aromatic heterocycles. The topological polar surface area (TPSA) is 61.9 Å². The Labute approximate surface area is 194 Å². The van der Waals surface area contributed by atoms with E-state index in [0.29, 0.717) is 18.8 Å². The van der Waals surface area contributed by atoms with E-state index < -0.39 is 0 Å². The van der Waals surface area contributed by atoms with E-state index in [1.54, 1.807) is 12.0 Å². The lowest BCUT2D eigenvalue weighted by molar-refractivity contribution is -0.115. The lowest BCUT2D eigenvalue weighted by atomic mass is 10.1. The van der Waals surface area contributed by atoms with Gasteiger partial charge >= 0.3 is 6.03 Å². The van der Waals surface area contributed by atoms with Crippen LogP contribution in [0.4, 0.5) is 16.2 Å². The number of nitrogens with zero attached hydrogens (tertiary/aromatic N) is 2. The molecule has 0 spiro atoms. The first-order valence-electron chi connectivity index (χ1n) is 11.2. The van der Waals surface area contributed by atoms with Crippen molar-refractivity contribution in [2.24, 2.45) is 0 Å². The third-order valence-corrected chi connectivity index (χ3v) is 5.77. The molecule has 33 heavy (non-hydrogen) atoms. The van der Waals surface area contributed by atoms with Gasteiger partial charge < -0.3 is 15.0 Å². The van der Waals surface area contributed by atoms with Gasteiger partial charge in [0.15, 0.2) is 0 Å². The van der Waals surface area contributed by atoms with Gasteiger partial charge in [-0.25, -0.2) is 4.79 Å². The molecule has 1 saturated heterocycles. The molecule has 0 bridgehead atoms. The predicted molar refractivity (Wildman–Crippen MR) is 131 cm³/mol. The Morgan fingerprint density at radius 3 is 2.42 bits per heavy atom. The number of carbonyl (C=O) groups is 2. The van der Waals surface area contributed by atoms with Crippen molar-refractivity contribution in [1.29, 1.82) is 0 Å². The highest BCUT2D eigenvalue weighted by Gasteiger charge is 2.27. The predicted octanol–water partition coefficient (Wildman–Crippen LogP) is 5.02. The zero-order valence-corrected chi connectivity index (χ0v) is 19.1. The molecule has 0 aliphatic carbocycles. The molecular weight excluding hydrogens is 414 g/mol. The third-order valence-electron chi connectivity index (χ3n) is 5.77. The number of hydrogen-bond acceptors (Lipinski definition) is 3. The molecule has 3 aromatic carbocycles. The van der Waals surface area contributed by atoms with Crippen LogP contribution < -0.4 is 15.0 Å². The average molecular weight is 444 g/mol. The van der Waals surface area contributed by atoms with Gasteiger partial charge in [0.2, 0.25) is 5.91 Å². The largest absolute Gasteiger partial charge is 0.497 e. The van der Waals surface area contributed by atoms with Gasteiger partial charge in [0, 0.05) is 31.0 Å². The molecule has 0 atom stereocenters. The quantitative estimate of drug-likeness (QED) is 0.558. The normalized spacial score (nSPS) is 13.7. The first kappa shape index (κ1) is 22.4. The fourth-order valence-corrected chi connectivity index (χ4v) is 3.97. The third kappa shape index (κ3) is 5.71. The lowest BCUT2D eigenvalue weighted by Gasteiger charge is -2.36. The van der Waals surface area contributed by atoms with Crippen LogP contribution in [0.1, 0.15) is 23.1 Å². The number of anilines is 2. The molecule has 0 saturated carbocycles. The van der Waals surface area contributed by atoms with E-state index in [1.807, 2.05) is 53.4 Å². The van der Waals surface area contributed by atoms with Crippen LogP contribution in [0.15, 0.2) is 72.8 Å². The Bertz CT molecular complexity index is 1110.